The Labute approximate surface area is 190 Å². The zero-order valence-electron chi connectivity index (χ0n) is 19.6. The van der Waals surface area contributed by atoms with Crippen molar-refractivity contribution in [2.24, 2.45) is 17.8 Å². The highest BCUT2D eigenvalue weighted by Crippen LogP contribution is 2.44. The molecule has 0 unspecified atom stereocenters. The van der Waals surface area contributed by atoms with E-state index < -0.39 is 0 Å². The third kappa shape index (κ3) is 6.61. The van der Waals surface area contributed by atoms with E-state index in [9.17, 15) is 0 Å². The molecule has 0 aliphatic heterocycles. The van der Waals surface area contributed by atoms with Gasteiger partial charge in [0.25, 0.3) is 0 Å². The largest absolute Gasteiger partial charge is 0.489 e. The summed E-state index contributed by atoms with van der Waals surface area (Å²) in [5.74, 6) is 4.81. The van der Waals surface area contributed by atoms with Crippen molar-refractivity contribution in [3.8, 4) is 5.75 Å². The summed E-state index contributed by atoms with van der Waals surface area (Å²) < 4.78 is 5.97. The minimum absolute atomic E-state index is 0.645. The van der Waals surface area contributed by atoms with E-state index in [4.69, 9.17) is 4.74 Å². The molecular formula is C30H42O. The molecule has 2 fully saturated rings. The van der Waals surface area contributed by atoms with Crippen LogP contribution in [0.5, 0.6) is 5.75 Å². The molecule has 2 aromatic carbocycles. The number of unbranched alkanes of at least 4 members (excludes halogenated alkanes) is 2. The van der Waals surface area contributed by atoms with E-state index >= 15 is 0 Å². The summed E-state index contributed by atoms with van der Waals surface area (Å²) in [6, 6.07) is 19.4. The molecule has 0 heterocycles. The number of benzene rings is 2. The fraction of sp³-hybridized carbons (Fsp3) is 0.600. The van der Waals surface area contributed by atoms with Crippen molar-refractivity contribution < 1.29 is 4.74 Å². The molecule has 0 saturated heterocycles. The molecule has 0 bridgehead atoms. The summed E-state index contributed by atoms with van der Waals surface area (Å²) in [4.78, 5) is 0. The molecule has 2 aliphatic carbocycles. The van der Waals surface area contributed by atoms with E-state index in [2.05, 4.69) is 55.5 Å². The van der Waals surface area contributed by atoms with Crippen LogP contribution in [0.15, 0.2) is 54.6 Å². The van der Waals surface area contributed by atoms with E-state index in [0.29, 0.717) is 6.61 Å². The zero-order chi connectivity index (χ0) is 21.3. The minimum Gasteiger partial charge on any atom is -0.489 e. The van der Waals surface area contributed by atoms with Gasteiger partial charge in [-0.3, -0.25) is 0 Å². The van der Waals surface area contributed by atoms with Gasteiger partial charge < -0.3 is 4.74 Å². The lowest BCUT2D eigenvalue weighted by atomic mass is 9.68. The summed E-state index contributed by atoms with van der Waals surface area (Å²) in [7, 11) is 0. The summed E-state index contributed by atoms with van der Waals surface area (Å²) >= 11 is 0. The van der Waals surface area contributed by atoms with Crippen molar-refractivity contribution >= 4 is 0 Å². The van der Waals surface area contributed by atoms with Crippen molar-refractivity contribution in [1.29, 1.82) is 0 Å². The summed E-state index contributed by atoms with van der Waals surface area (Å²) in [6.07, 6.45) is 17.5. The van der Waals surface area contributed by atoms with E-state index in [-0.39, 0.29) is 0 Å². The smallest absolute Gasteiger partial charge is 0.119 e. The zero-order valence-corrected chi connectivity index (χ0v) is 19.6. The molecule has 4 rings (SSSR count). The highest BCUT2D eigenvalue weighted by atomic mass is 16.5. The summed E-state index contributed by atoms with van der Waals surface area (Å²) in [5, 5.41) is 0. The van der Waals surface area contributed by atoms with Crippen molar-refractivity contribution in [2.75, 3.05) is 0 Å². The maximum atomic E-state index is 5.97. The molecule has 1 heteroatoms. The first-order valence-corrected chi connectivity index (χ1v) is 13.1. The van der Waals surface area contributed by atoms with Crippen LogP contribution in [0.2, 0.25) is 0 Å². The van der Waals surface area contributed by atoms with Crippen molar-refractivity contribution in [3.63, 3.8) is 0 Å². The average Bonchev–Trinajstić information content (AvgIpc) is 2.84. The van der Waals surface area contributed by atoms with Crippen LogP contribution in [-0.4, -0.2) is 0 Å². The second kappa shape index (κ2) is 11.7. The third-order valence-electron chi connectivity index (χ3n) is 8.15. The molecule has 2 saturated carbocycles. The second-order valence-electron chi connectivity index (χ2n) is 10.2. The first-order valence-electron chi connectivity index (χ1n) is 13.1. The maximum Gasteiger partial charge on any atom is 0.119 e. The van der Waals surface area contributed by atoms with Crippen molar-refractivity contribution in [2.45, 2.75) is 96.5 Å². The molecule has 0 spiro atoms. The average molecular weight is 419 g/mol. The Morgan fingerprint density at radius 2 is 1.35 bits per heavy atom. The van der Waals surface area contributed by atoms with Gasteiger partial charge >= 0.3 is 0 Å². The lowest BCUT2D eigenvalue weighted by molar-refractivity contribution is 0.155. The Hall–Kier alpha value is -1.76. The van der Waals surface area contributed by atoms with Gasteiger partial charge in [-0.05, 0) is 85.5 Å². The van der Waals surface area contributed by atoms with Crippen LogP contribution >= 0.6 is 0 Å². The summed E-state index contributed by atoms with van der Waals surface area (Å²) in [6.45, 7) is 2.97. The standard InChI is InChI=1S/C30H42O/c1-2-3-5-8-24-11-13-26(14-12-24)27-15-17-28(18-16-27)29-19-21-30(22-20-29)31-23-25-9-6-4-7-10-25/h4,6-7,9-10,19-22,24,26-28H,2-3,5,8,11-18,23H2,1H3. The Balaban J connectivity index is 1.18. The van der Waals surface area contributed by atoms with Gasteiger partial charge in [-0.15, -0.1) is 0 Å². The van der Waals surface area contributed by atoms with Gasteiger partial charge in [-0.1, -0.05) is 87.9 Å². The molecule has 2 aliphatic rings. The fourth-order valence-corrected chi connectivity index (χ4v) is 6.13. The van der Waals surface area contributed by atoms with Crippen LogP contribution in [-0.2, 0) is 6.61 Å². The molecule has 31 heavy (non-hydrogen) atoms. The van der Waals surface area contributed by atoms with Gasteiger partial charge in [0.2, 0.25) is 0 Å². The van der Waals surface area contributed by atoms with Crippen LogP contribution in [0, 0.1) is 17.8 Å². The quantitative estimate of drug-likeness (QED) is 0.369. The molecule has 2 aromatic rings. The SMILES string of the molecule is CCCCCC1CCC(C2CCC(c3ccc(OCc4ccccc4)cc3)CC2)CC1. The monoisotopic (exact) mass is 418 g/mol. The normalized spacial score (nSPS) is 26.5. The minimum atomic E-state index is 0.645. The van der Waals surface area contributed by atoms with Gasteiger partial charge in [0.05, 0.1) is 0 Å². The van der Waals surface area contributed by atoms with Crippen LogP contribution in [0.4, 0.5) is 0 Å². The van der Waals surface area contributed by atoms with Crippen molar-refractivity contribution in [3.05, 3.63) is 65.7 Å². The van der Waals surface area contributed by atoms with E-state index in [0.717, 1.165) is 29.4 Å². The van der Waals surface area contributed by atoms with Crippen LogP contribution in [0.1, 0.15) is 101 Å². The van der Waals surface area contributed by atoms with Gasteiger partial charge in [-0.25, -0.2) is 0 Å². The Morgan fingerprint density at radius 3 is 2.00 bits per heavy atom. The third-order valence-corrected chi connectivity index (χ3v) is 8.15. The Morgan fingerprint density at radius 1 is 0.710 bits per heavy atom. The number of hydrogen-bond acceptors (Lipinski definition) is 1. The van der Waals surface area contributed by atoms with E-state index in [1.54, 1.807) is 0 Å². The van der Waals surface area contributed by atoms with Gasteiger partial charge in [0, 0.05) is 0 Å². The Bertz CT molecular complexity index is 734. The molecule has 0 aromatic heterocycles. The van der Waals surface area contributed by atoms with Gasteiger partial charge in [0.15, 0.2) is 0 Å². The first kappa shape index (κ1) is 22.4. The fourth-order valence-electron chi connectivity index (χ4n) is 6.13. The van der Waals surface area contributed by atoms with Crippen LogP contribution in [0.25, 0.3) is 0 Å². The molecule has 0 amide bonds. The highest BCUT2D eigenvalue weighted by Gasteiger charge is 2.31. The number of ether oxygens (including phenoxy) is 1. The molecule has 0 atom stereocenters. The molecule has 0 radical (unpaired) electrons. The second-order valence-corrected chi connectivity index (χ2v) is 10.2. The lowest BCUT2D eigenvalue weighted by Gasteiger charge is -2.38. The lowest BCUT2D eigenvalue weighted by Crippen LogP contribution is -2.25. The summed E-state index contributed by atoms with van der Waals surface area (Å²) in [5.41, 5.74) is 2.74. The molecular weight excluding hydrogens is 376 g/mol. The molecule has 1 nitrogen and oxygen atoms in total. The topological polar surface area (TPSA) is 9.23 Å². The predicted octanol–water partition coefficient (Wildman–Crippen LogP) is 8.93. The van der Waals surface area contributed by atoms with Gasteiger partial charge in [0.1, 0.15) is 12.4 Å². The number of rotatable bonds is 9. The van der Waals surface area contributed by atoms with Crippen LogP contribution in [0.3, 0.4) is 0 Å². The molecule has 168 valence electrons. The van der Waals surface area contributed by atoms with Crippen LogP contribution < -0.4 is 4.74 Å². The Kier molecular flexibility index (Phi) is 8.50. The van der Waals surface area contributed by atoms with Crippen molar-refractivity contribution in [1.82, 2.24) is 0 Å². The highest BCUT2D eigenvalue weighted by molar-refractivity contribution is 5.30. The van der Waals surface area contributed by atoms with Gasteiger partial charge in [-0.2, -0.15) is 0 Å². The van der Waals surface area contributed by atoms with E-state index in [1.807, 2.05) is 6.07 Å². The number of hydrogen-bond donors (Lipinski definition) is 0. The predicted molar refractivity (Wildman–Crippen MR) is 132 cm³/mol. The molecule has 0 N–H and O–H groups in total. The first-order chi connectivity index (χ1) is 15.3. The van der Waals surface area contributed by atoms with E-state index in [1.165, 1.54) is 88.2 Å². The maximum absolute atomic E-state index is 5.97.